The number of aliphatic hydroxyl groups excluding tert-OH is 1. The molecule has 0 aromatic heterocycles. The van der Waals surface area contributed by atoms with Crippen molar-refractivity contribution in [3.8, 4) is 0 Å². The first kappa shape index (κ1) is 20.5. The summed E-state index contributed by atoms with van der Waals surface area (Å²) in [7, 11) is 0. The van der Waals surface area contributed by atoms with Gasteiger partial charge in [-0.15, -0.1) is 0 Å². The molecule has 0 fully saturated rings. The average Bonchev–Trinajstić information content (AvgIpc) is 2.48. The van der Waals surface area contributed by atoms with Gasteiger partial charge in [0.1, 0.15) is 0 Å². The van der Waals surface area contributed by atoms with Gasteiger partial charge in [-0.3, -0.25) is 0 Å². The number of aliphatic hydroxyl groups is 1. The summed E-state index contributed by atoms with van der Waals surface area (Å²) >= 11 is -0.442. The zero-order valence-corrected chi connectivity index (χ0v) is 16.9. The van der Waals surface area contributed by atoms with Crippen LogP contribution in [0.5, 0.6) is 0 Å². The van der Waals surface area contributed by atoms with Crippen molar-refractivity contribution in [1.29, 1.82) is 0 Å². The Bertz CT molecular complexity index is 204. The molecule has 2 radical (unpaired) electrons. The molecule has 0 aliphatic heterocycles. The van der Waals surface area contributed by atoms with Crippen LogP contribution in [-0.2, 0) is 0 Å². The molecule has 0 heterocycles. The first-order valence-electron chi connectivity index (χ1n) is 8.78. The van der Waals surface area contributed by atoms with Crippen LogP contribution in [0.1, 0.15) is 91.4 Å². The van der Waals surface area contributed by atoms with Crippen molar-refractivity contribution in [1.82, 2.24) is 0 Å². The number of rotatable bonds is 14. The van der Waals surface area contributed by atoms with E-state index in [-0.39, 0.29) is 0 Å². The molecule has 0 saturated carbocycles. The van der Waals surface area contributed by atoms with E-state index in [2.05, 4.69) is 30.9 Å². The molecule has 0 spiro atoms. The van der Waals surface area contributed by atoms with Crippen LogP contribution < -0.4 is 0 Å². The van der Waals surface area contributed by atoms with E-state index in [1.165, 1.54) is 57.8 Å². The van der Waals surface area contributed by atoms with Crippen molar-refractivity contribution in [2.24, 2.45) is 0 Å². The number of hydrogen-bond acceptors (Lipinski definition) is 1. The fourth-order valence-corrected chi connectivity index (χ4v) is 7.24. The fourth-order valence-electron chi connectivity index (χ4n) is 2.67. The van der Waals surface area contributed by atoms with E-state index < -0.39 is 21.1 Å². The van der Waals surface area contributed by atoms with Crippen LogP contribution in [0.4, 0.5) is 0 Å². The fraction of sp³-hybridized carbons (Fsp3) is 0.889. The van der Waals surface area contributed by atoms with E-state index >= 15 is 0 Å². The molecule has 1 nitrogen and oxygen atoms in total. The third kappa shape index (κ3) is 10.3. The van der Waals surface area contributed by atoms with Crippen molar-refractivity contribution in [2.75, 3.05) is 6.61 Å². The maximum absolute atomic E-state index is 8.85. The van der Waals surface area contributed by atoms with Gasteiger partial charge >= 0.3 is 138 Å². The summed E-state index contributed by atoms with van der Waals surface area (Å²) in [6, 6.07) is 0. The second kappa shape index (κ2) is 14.4. The minimum atomic E-state index is -0.442. The van der Waals surface area contributed by atoms with E-state index in [0.29, 0.717) is 6.61 Å². The van der Waals surface area contributed by atoms with Crippen LogP contribution in [-0.4, -0.2) is 32.9 Å². The Kier molecular flexibility index (Phi) is 14.8. The number of hydrogen-bond donors (Lipinski definition) is 1. The van der Waals surface area contributed by atoms with Crippen LogP contribution in [0.25, 0.3) is 0 Å². The molecule has 20 heavy (non-hydrogen) atoms. The third-order valence-electron chi connectivity index (χ3n) is 4.06. The summed E-state index contributed by atoms with van der Waals surface area (Å²) in [5.74, 6) is 0. The Hall–Kier alpha value is 0.499. The maximum atomic E-state index is 8.85. The Balaban J connectivity index is 4.52. The van der Waals surface area contributed by atoms with E-state index in [4.69, 9.17) is 5.11 Å². The number of unbranched alkanes of at least 4 members (excludes halogenated alkanes) is 4. The molecule has 1 N–H and O–H groups in total. The summed E-state index contributed by atoms with van der Waals surface area (Å²) in [5.41, 5.74) is 0. The quantitative estimate of drug-likeness (QED) is 0.299. The molecule has 0 aliphatic rings. The Morgan fingerprint density at radius 2 is 1.35 bits per heavy atom. The Morgan fingerprint density at radius 3 is 1.75 bits per heavy atom. The van der Waals surface area contributed by atoms with Gasteiger partial charge in [0.2, 0.25) is 0 Å². The van der Waals surface area contributed by atoms with Gasteiger partial charge in [0.15, 0.2) is 0 Å². The van der Waals surface area contributed by atoms with Gasteiger partial charge in [0, 0.05) is 0 Å². The summed E-state index contributed by atoms with van der Waals surface area (Å²) in [6.45, 7) is 7.31. The van der Waals surface area contributed by atoms with Gasteiger partial charge in [0.05, 0.1) is 0 Å². The van der Waals surface area contributed by atoms with Crippen LogP contribution in [0.2, 0.25) is 3.43 Å². The molecule has 0 unspecified atom stereocenters. The molecule has 0 aliphatic carbocycles. The first-order chi connectivity index (χ1) is 9.74. The van der Waals surface area contributed by atoms with Gasteiger partial charge in [-0.2, -0.15) is 0 Å². The standard InChI is InChI=1S/C13H27.C5H9O.Sn/c1-4-7-10-13(11-8-5-2)12-9-6-3;1-2-3-4-5-6;/h4-12H2,1-3H3;1-2,6H,3-5H2;. The topological polar surface area (TPSA) is 20.2 Å². The second-order valence-electron chi connectivity index (χ2n) is 6.00. The van der Waals surface area contributed by atoms with Crippen molar-refractivity contribution in [3.05, 3.63) is 10.2 Å². The van der Waals surface area contributed by atoms with Crippen molar-refractivity contribution < 1.29 is 5.11 Å². The van der Waals surface area contributed by atoms with Gasteiger partial charge in [-0.25, -0.2) is 0 Å². The molecule has 0 saturated heterocycles. The molecule has 0 aromatic carbocycles. The van der Waals surface area contributed by atoms with E-state index in [9.17, 15) is 0 Å². The van der Waals surface area contributed by atoms with E-state index in [1.807, 2.05) is 0 Å². The van der Waals surface area contributed by atoms with Gasteiger partial charge in [-0.1, -0.05) is 0 Å². The van der Waals surface area contributed by atoms with E-state index in [0.717, 1.165) is 16.3 Å². The second-order valence-corrected chi connectivity index (χ2v) is 10.8. The molecular weight excluding hydrogens is 351 g/mol. The Morgan fingerprint density at radius 1 is 0.850 bits per heavy atom. The van der Waals surface area contributed by atoms with Crippen molar-refractivity contribution in [2.45, 2.75) is 94.8 Å². The van der Waals surface area contributed by atoms with E-state index in [1.54, 1.807) is 0 Å². The first-order valence-corrected chi connectivity index (χ1v) is 11.9. The van der Waals surface area contributed by atoms with Crippen LogP contribution in [0.15, 0.2) is 10.2 Å². The Labute approximate surface area is 137 Å². The van der Waals surface area contributed by atoms with Gasteiger partial charge in [-0.05, 0) is 0 Å². The van der Waals surface area contributed by atoms with Crippen LogP contribution in [0, 0.1) is 0 Å². The van der Waals surface area contributed by atoms with Gasteiger partial charge < -0.3 is 0 Å². The zero-order chi connectivity index (χ0) is 15.1. The summed E-state index contributed by atoms with van der Waals surface area (Å²) in [5, 5.41) is 8.85. The van der Waals surface area contributed by atoms with Crippen molar-refractivity contribution in [3.63, 3.8) is 0 Å². The number of allylic oxidation sites excluding steroid dienone is 1. The molecule has 0 atom stereocenters. The minimum absolute atomic E-state index is 0.335. The van der Waals surface area contributed by atoms with Crippen LogP contribution in [0.3, 0.4) is 0 Å². The summed E-state index contributed by atoms with van der Waals surface area (Å²) < 4.78 is 3.29. The third-order valence-corrected chi connectivity index (χ3v) is 9.10. The molecule has 0 amide bonds. The molecule has 0 bridgehead atoms. The molecule has 0 aromatic rings. The van der Waals surface area contributed by atoms with Crippen molar-refractivity contribution >= 4 is 21.1 Å². The SMILES string of the molecule is CCCC[C](CCCC)(CCCC)[Sn]/[CH]=C/CCCO. The average molecular weight is 387 g/mol. The molecule has 0 rings (SSSR count). The zero-order valence-electron chi connectivity index (χ0n) is 14.1. The summed E-state index contributed by atoms with van der Waals surface area (Å²) in [6.07, 6.45) is 17.1. The normalized spacial score (nSPS) is 12.4. The monoisotopic (exact) mass is 388 g/mol. The van der Waals surface area contributed by atoms with Gasteiger partial charge in [0.25, 0.3) is 0 Å². The molecule has 2 heteroatoms. The predicted octanol–water partition coefficient (Wildman–Crippen LogP) is 5.71. The summed E-state index contributed by atoms with van der Waals surface area (Å²) in [4.78, 5) is 0. The predicted molar refractivity (Wildman–Crippen MR) is 92.5 cm³/mol. The van der Waals surface area contributed by atoms with Crippen LogP contribution >= 0.6 is 0 Å². The molecule has 118 valence electrons. The molecular formula is C18H36OSn.